The second kappa shape index (κ2) is 10.9. The number of phenols is 1. The second-order valence-electron chi connectivity index (χ2n) is 7.04. The van der Waals surface area contributed by atoms with Gasteiger partial charge < -0.3 is 20.1 Å². The number of hydrogen-bond acceptors (Lipinski definition) is 4. The van der Waals surface area contributed by atoms with Crippen LogP contribution in [0, 0.1) is 0 Å². The van der Waals surface area contributed by atoms with Crippen LogP contribution in [-0.2, 0) is 6.54 Å². The van der Waals surface area contributed by atoms with E-state index in [1.807, 2.05) is 19.1 Å². The Bertz CT molecular complexity index is 620. The van der Waals surface area contributed by atoms with Gasteiger partial charge in [-0.05, 0) is 63.9 Å². The molecule has 2 heterocycles. The van der Waals surface area contributed by atoms with Crippen LogP contribution in [-0.4, -0.2) is 66.2 Å². The Labute approximate surface area is 180 Å². The van der Waals surface area contributed by atoms with Gasteiger partial charge in [-0.3, -0.25) is 4.90 Å². The largest absolute Gasteiger partial charge is 0.504 e. The molecule has 0 bridgehead atoms. The molecular weight excluding hydrogens is 455 g/mol. The number of rotatable bonds is 6. The number of aliphatic imine (C=N–C) groups is 1. The van der Waals surface area contributed by atoms with E-state index < -0.39 is 0 Å². The molecule has 0 aromatic heterocycles. The summed E-state index contributed by atoms with van der Waals surface area (Å²) in [7, 11) is 0. The zero-order valence-corrected chi connectivity index (χ0v) is 18.8. The summed E-state index contributed by atoms with van der Waals surface area (Å²) >= 11 is 0. The lowest BCUT2D eigenvalue weighted by atomic mass is 10.2. The Kier molecular flexibility index (Phi) is 8.95. The van der Waals surface area contributed by atoms with Crippen LogP contribution in [0.5, 0.6) is 11.5 Å². The van der Waals surface area contributed by atoms with Crippen molar-refractivity contribution in [3.63, 3.8) is 0 Å². The lowest BCUT2D eigenvalue weighted by Crippen LogP contribution is -2.42. The third-order valence-corrected chi connectivity index (χ3v) is 5.19. The van der Waals surface area contributed by atoms with Crippen LogP contribution in [0.2, 0.25) is 0 Å². The van der Waals surface area contributed by atoms with Crippen LogP contribution >= 0.6 is 24.0 Å². The first-order chi connectivity index (χ1) is 12.7. The van der Waals surface area contributed by atoms with Crippen molar-refractivity contribution in [2.75, 3.05) is 39.3 Å². The normalized spacial score (nSPS) is 20.6. The molecule has 1 aromatic carbocycles. The maximum absolute atomic E-state index is 9.85. The zero-order chi connectivity index (χ0) is 18.4. The summed E-state index contributed by atoms with van der Waals surface area (Å²) in [5.74, 6) is 1.69. The quantitative estimate of drug-likeness (QED) is 0.366. The lowest BCUT2D eigenvalue weighted by molar-refractivity contribution is 0.249. The summed E-state index contributed by atoms with van der Waals surface area (Å²) in [5, 5.41) is 13.3. The Balaban J connectivity index is 0.00000261. The molecule has 2 N–H and O–H groups in total. The van der Waals surface area contributed by atoms with E-state index in [9.17, 15) is 5.11 Å². The molecule has 27 heavy (non-hydrogen) atoms. The Morgan fingerprint density at radius 1 is 1.26 bits per heavy atom. The average Bonchev–Trinajstić information content (AvgIpc) is 3.32. The third-order valence-electron chi connectivity index (χ3n) is 5.19. The first-order valence-corrected chi connectivity index (χ1v) is 9.93. The van der Waals surface area contributed by atoms with Crippen LogP contribution in [0.15, 0.2) is 23.2 Å². The minimum absolute atomic E-state index is 0. The molecule has 2 aliphatic heterocycles. The smallest absolute Gasteiger partial charge is 0.194 e. The molecule has 0 radical (unpaired) electrons. The van der Waals surface area contributed by atoms with Gasteiger partial charge in [0.05, 0.1) is 13.2 Å². The summed E-state index contributed by atoms with van der Waals surface area (Å²) < 4.78 is 5.47. The fourth-order valence-corrected chi connectivity index (χ4v) is 3.86. The summed E-state index contributed by atoms with van der Waals surface area (Å²) in [4.78, 5) is 9.86. The van der Waals surface area contributed by atoms with E-state index in [4.69, 9.17) is 9.73 Å². The number of nitrogens with one attached hydrogen (secondary N) is 1. The monoisotopic (exact) mass is 488 g/mol. The van der Waals surface area contributed by atoms with Gasteiger partial charge in [-0.15, -0.1) is 24.0 Å². The summed E-state index contributed by atoms with van der Waals surface area (Å²) in [6, 6.07) is 6.13. The standard InChI is InChI=1S/C20H32N4O2.HI/c1-3-21-20(24-12-9-17(15-24)23-10-5-6-11-23)22-14-16-7-8-18(25)19(13-16)26-4-2;/h7-8,13,17,25H,3-6,9-12,14-15H2,1-2H3,(H,21,22);1H. The maximum atomic E-state index is 9.85. The number of likely N-dealkylation sites (tertiary alicyclic amines) is 2. The Hall–Kier alpha value is -1.22. The summed E-state index contributed by atoms with van der Waals surface area (Å²) in [6.07, 6.45) is 3.90. The number of aromatic hydroxyl groups is 1. The molecule has 0 aliphatic carbocycles. The minimum Gasteiger partial charge on any atom is -0.504 e. The number of hydrogen-bond donors (Lipinski definition) is 2. The van der Waals surface area contributed by atoms with Crippen LogP contribution in [0.4, 0.5) is 0 Å². The molecule has 6 nitrogen and oxygen atoms in total. The highest BCUT2D eigenvalue weighted by atomic mass is 127. The Morgan fingerprint density at radius 3 is 2.74 bits per heavy atom. The number of guanidine groups is 1. The van der Waals surface area contributed by atoms with Crippen LogP contribution in [0.25, 0.3) is 0 Å². The van der Waals surface area contributed by atoms with Gasteiger partial charge in [0.25, 0.3) is 0 Å². The van der Waals surface area contributed by atoms with Gasteiger partial charge >= 0.3 is 0 Å². The molecule has 0 saturated carbocycles. The van der Waals surface area contributed by atoms with E-state index in [0.29, 0.717) is 24.9 Å². The van der Waals surface area contributed by atoms with Crippen molar-refractivity contribution in [2.24, 2.45) is 4.99 Å². The molecule has 0 amide bonds. The van der Waals surface area contributed by atoms with Crippen molar-refractivity contribution >= 4 is 29.9 Å². The number of phenolic OH excluding ortho intramolecular Hbond substituents is 1. The van der Waals surface area contributed by atoms with Crippen molar-refractivity contribution < 1.29 is 9.84 Å². The van der Waals surface area contributed by atoms with Crippen LogP contribution in [0.3, 0.4) is 0 Å². The average molecular weight is 488 g/mol. The van der Waals surface area contributed by atoms with Gasteiger partial charge in [-0.1, -0.05) is 6.07 Å². The first kappa shape index (κ1) is 22.1. The van der Waals surface area contributed by atoms with Crippen molar-refractivity contribution in [3.8, 4) is 11.5 Å². The number of halogens is 1. The van der Waals surface area contributed by atoms with Gasteiger partial charge in [0.15, 0.2) is 17.5 Å². The fraction of sp³-hybridized carbons (Fsp3) is 0.650. The molecule has 7 heteroatoms. The molecule has 1 unspecified atom stereocenters. The zero-order valence-electron chi connectivity index (χ0n) is 16.5. The molecular formula is C20H33IN4O2. The van der Waals surface area contributed by atoms with E-state index in [2.05, 4.69) is 22.0 Å². The van der Waals surface area contributed by atoms with Gasteiger partial charge in [-0.2, -0.15) is 0 Å². The SMILES string of the molecule is CCNC(=NCc1ccc(O)c(OCC)c1)N1CCC(N2CCCC2)C1.I. The molecule has 1 atom stereocenters. The highest BCUT2D eigenvalue weighted by Crippen LogP contribution is 2.27. The highest BCUT2D eigenvalue weighted by molar-refractivity contribution is 14.0. The van der Waals surface area contributed by atoms with Crippen LogP contribution < -0.4 is 10.1 Å². The molecule has 0 spiro atoms. The van der Waals surface area contributed by atoms with Gasteiger partial charge in [-0.25, -0.2) is 4.99 Å². The predicted molar refractivity (Wildman–Crippen MR) is 120 cm³/mol. The van der Waals surface area contributed by atoms with E-state index in [0.717, 1.165) is 31.2 Å². The summed E-state index contributed by atoms with van der Waals surface area (Å²) in [6.45, 7) is 10.6. The molecule has 152 valence electrons. The van der Waals surface area contributed by atoms with E-state index in [1.165, 1.54) is 32.4 Å². The van der Waals surface area contributed by atoms with Gasteiger partial charge in [0.1, 0.15) is 0 Å². The topological polar surface area (TPSA) is 60.3 Å². The fourth-order valence-electron chi connectivity index (χ4n) is 3.86. The molecule has 1 aromatic rings. The summed E-state index contributed by atoms with van der Waals surface area (Å²) in [5.41, 5.74) is 1.04. The van der Waals surface area contributed by atoms with Crippen molar-refractivity contribution in [3.05, 3.63) is 23.8 Å². The number of benzene rings is 1. The van der Waals surface area contributed by atoms with Crippen molar-refractivity contribution in [1.29, 1.82) is 0 Å². The first-order valence-electron chi connectivity index (χ1n) is 9.93. The third kappa shape index (κ3) is 5.88. The maximum Gasteiger partial charge on any atom is 0.194 e. The Morgan fingerprint density at radius 2 is 2.04 bits per heavy atom. The molecule has 2 saturated heterocycles. The lowest BCUT2D eigenvalue weighted by Gasteiger charge is -2.25. The van der Waals surface area contributed by atoms with Crippen molar-refractivity contribution in [2.45, 2.75) is 45.7 Å². The molecule has 2 fully saturated rings. The van der Waals surface area contributed by atoms with Gasteiger partial charge in [0, 0.05) is 25.7 Å². The van der Waals surface area contributed by atoms with E-state index in [1.54, 1.807) is 6.07 Å². The predicted octanol–water partition coefficient (Wildman–Crippen LogP) is 3.04. The second-order valence-corrected chi connectivity index (χ2v) is 7.04. The number of nitrogens with zero attached hydrogens (tertiary/aromatic N) is 3. The van der Waals surface area contributed by atoms with E-state index in [-0.39, 0.29) is 29.7 Å². The number of ether oxygens (including phenoxy) is 1. The van der Waals surface area contributed by atoms with Gasteiger partial charge in [0.2, 0.25) is 0 Å². The van der Waals surface area contributed by atoms with Crippen LogP contribution in [0.1, 0.15) is 38.7 Å². The molecule has 2 aliphatic rings. The van der Waals surface area contributed by atoms with E-state index >= 15 is 0 Å². The molecule has 3 rings (SSSR count). The highest BCUT2D eigenvalue weighted by Gasteiger charge is 2.30. The van der Waals surface area contributed by atoms with Crippen molar-refractivity contribution in [1.82, 2.24) is 15.1 Å². The minimum atomic E-state index is 0.